The van der Waals surface area contributed by atoms with E-state index in [1.807, 2.05) is 13.8 Å². The van der Waals surface area contributed by atoms with Crippen molar-refractivity contribution in [2.24, 2.45) is 0 Å². The van der Waals surface area contributed by atoms with Gasteiger partial charge in [0.25, 0.3) is 0 Å². The Morgan fingerprint density at radius 1 is 1.10 bits per heavy atom. The lowest BCUT2D eigenvalue weighted by Crippen LogP contribution is -2.74. The van der Waals surface area contributed by atoms with E-state index in [1.54, 1.807) is 18.7 Å². The van der Waals surface area contributed by atoms with Crippen molar-refractivity contribution in [2.75, 3.05) is 19.8 Å². The second kappa shape index (κ2) is 7.25. The minimum atomic E-state index is -0.820. The first-order valence-corrected chi connectivity index (χ1v) is 8.08. The SMILES string of the molecule is CCCCOCCN1C(=O)C(CC)(CC)NC(=O)C1(C)C. The van der Waals surface area contributed by atoms with E-state index in [0.717, 1.165) is 12.8 Å². The number of nitrogens with one attached hydrogen (secondary N) is 1. The molecular weight excluding hydrogens is 268 g/mol. The van der Waals surface area contributed by atoms with Crippen molar-refractivity contribution in [2.45, 2.75) is 71.4 Å². The molecule has 0 bridgehead atoms. The third kappa shape index (κ3) is 3.57. The largest absolute Gasteiger partial charge is 0.380 e. The predicted octanol–water partition coefficient (Wildman–Crippen LogP) is 2.10. The first-order valence-electron chi connectivity index (χ1n) is 8.08. The van der Waals surface area contributed by atoms with Crippen LogP contribution < -0.4 is 5.32 Å². The standard InChI is InChI=1S/C16H30N2O3/c1-6-9-11-21-12-10-18-14(20)16(7-2,8-3)17-13(19)15(18,4)5/h6-12H2,1-5H3,(H,17,19). The van der Waals surface area contributed by atoms with Crippen LogP contribution >= 0.6 is 0 Å². The Hall–Kier alpha value is -1.10. The number of hydrogen-bond donors (Lipinski definition) is 1. The molecule has 5 nitrogen and oxygen atoms in total. The Morgan fingerprint density at radius 2 is 1.71 bits per heavy atom. The highest BCUT2D eigenvalue weighted by molar-refractivity contribution is 6.01. The summed E-state index contributed by atoms with van der Waals surface area (Å²) in [5.41, 5.74) is -1.57. The molecular formula is C16H30N2O3. The molecule has 0 aromatic heterocycles. The van der Waals surface area contributed by atoms with Crippen molar-refractivity contribution >= 4 is 11.8 Å². The summed E-state index contributed by atoms with van der Waals surface area (Å²) in [5.74, 6) is -0.0736. The molecule has 0 saturated carbocycles. The molecule has 122 valence electrons. The van der Waals surface area contributed by atoms with Gasteiger partial charge in [-0.25, -0.2) is 0 Å². The molecule has 0 aromatic carbocycles. The van der Waals surface area contributed by atoms with Gasteiger partial charge in [0.05, 0.1) is 6.61 Å². The summed E-state index contributed by atoms with van der Waals surface area (Å²) in [6.07, 6.45) is 3.33. The zero-order valence-corrected chi connectivity index (χ0v) is 14.1. The smallest absolute Gasteiger partial charge is 0.249 e. The van der Waals surface area contributed by atoms with Gasteiger partial charge in [-0.3, -0.25) is 9.59 Å². The van der Waals surface area contributed by atoms with Crippen LogP contribution in [0.2, 0.25) is 0 Å². The maximum atomic E-state index is 12.8. The fraction of sp³-hybridized carbons (Fsp3) is 0.875. The minimum Gasteiger partial charge on any atom is -0.380 e. The van der Waals surface area contributed by atoms with Crippen molar-refractivity contribution in [1.82, 2.24) is 10.2 Å². The van der Waals surface area contributed by atoms with Crippen LogP contribution in [0, 0.1) is 0 Å². The van der Waals surface area contributed by atoms with Gasteiger partial charge in [-0.2, -0.15) is 0 Å². The van der Waals surface area contributed by atoms with Crippen LogP contribution in [-0.2, 0) is 14.3 Å². The first-order chi connectivity index (χ1) is 9.85. The zero-order chi connectivity index (χ0) is 16.1. The summed E-state index contributed by atoms with van der Waals surface area (Å²) >= 11 is 0. The molecule has 1 fully saturated rings. The first kappa shape index (κ1) is 18.0. The molecule has 1 aliphatic heterocycles. The maximum Gasteiger partial charge on any atom is 0.249 e. The summed E-state index contributed by atoms with van der Waals surface area (Å²) in [6, 6.07) is 0. The normalized spacial score (nSPS) is 20.5. The average molecular weight is 298 g/mol. The van der Waals surface area contributed by atoms with E-state index in [0.29, 0.717) is 32.6 Å². The zero-order valence-electron chi connectivity index (χ0n) is 14.1. The van der Waals surface area contributed by atoms with Crippen molar-refractivity contribution in [1.29, 1.82) is 0 Å². The van der Waals surface area contributed by atoms with Crippen LogP contribution in [0.1, 0.15) is 60.3 Å². The minimum absolute atomic E-state index is 0.0104. The number of carbonyl (C=O) groups is 2. The third-order valence-corrected chi connectivity index (χ3v) is 4.55. The molecule has 0 radical (unpaired) electrons. The van der Waals surface area contributed by atoms with E-state index in [1.165, 1.54) is 0 Å². The van der Waals surface area contributed by atoms with Crippen LogP contribution in [0.15, 0.2) is 0 Å². The van der Waals surface area contributed by atoms with E-state index in [9.17, 15) is 9.59 Å². The average Bonchev–Trinajstić information content (AvgIpc) is 2.46. The number of unbranched alkanes of at least 4 members (excludes halogenated alkanes) is 1. The molecule has 21 heavy (non-hydrogen) atoms. The number of piperazine rings is 1. The van der Waals surface area contributed by atoms with Gasteiger partial charge in [0, 0.05) is 13.2 Å². The molecule has 1 heterocycles. The highest BCUT2D eigenvalue weighted by Crippen LogP contribution is 2.30. The molecule has 1 rings (SSSR count). The van der Waals surface area contributed by atoms with E-state index in [2.05, 4.69) is 12.2 Å². The lowest BCUT2D eigenvalue weighted by Gasteiger charge is -2.49. The number of carbonyl (C=O) groups excluding carboxylic acids is 2. The Bertz CT molecular complexity index is 376. The van der Waals surface area contributed by atoms with E-state index in [-0.39, 0.29) is 11.8 Å². The van der Waals surface area contributed by atoms with Gasteiger partial charge >= 0.3 is 0 Å². The molecule has 1 aliphatic rings. The van der Waals surface area contributed by atoms with E-state index in [4.69, 9.17) is 4.74 Å². The Balaban J connectivity index is 2.80. The molecule has 0 aliphatic carbocycles. The number of ether oxygens (including phenoxy) is 1. The van der Waals surface area contributed by atoms with Crippen molar-refractivity contribution < 1.29 is 14.3 Å². The van der Waals surface area contributed by atoms with Crippen molar-refractivity contribution in [3.63, 3.8) is 0 Å². The van der Waals surface area contributed by atoms with Crippen LogP contribution in [0.4, 0.5) is 0 Å². The second-order valence-corrected chi connectivity index (χ2v) is 6.23. The molecule has 1 N–H and O–H groups in total. The molecule has 0 atom stereocenters. The van der Waals surface area contributed by atoms with Gasteiger partial charge in [-0.1, -0.05) is 27.2 Å². The molecule has 0 aromatic rings. The van der Waals surface area contributed by atoms with Gasteiger partial charge in [0.1, 0.15) is 11.1 Å². The predicted molar refractivity (Wildman–Crippen MR) is 83.0 cm³/mol. The van der Waals surface area contributed by atoms with Gasteiger partial charge in [-0.05, 0) is 33.1 Å². The number of rotatable bonds is 8. The lowest BCUT2D eigenvalue weighted by molar-refractivity contribution is -0.162. The van der Waals surface area contributed by atoms with Crippen LogP contribution in [0.3, 0.4) is 0 Å². The van der Waals surface area contributed by atoms with Crippen LogP contribution in [0.25, 0.3) is 0 Å². The molecule has 0 unspecified atom stereocenters. The molecule has 1 saturated heterocycles. The topological polar surface area (TPSA) is 58.6 Å². The van der Waals surface area contributed by atoms with Gasteiger partial charge in [0.2, 0.25) is 11.8 Å². The van der Waals surface area contributed by atoms with Gasteiger partial charge < -0.3 is 15.0 Å². The van der Waals surface area contributed by atoms with Crippen LogP contribution in [-0.4, -0.2) is 47.6 Å². The summed E-state index contributed by atoms with van der Waals surface area (Å²) in [6.45, 7) is 11.2. The fourth-order valence-electron chi connectivity index (χ4n) is 2.67. The second-order valence-electron chi connectivity index (χ2n) is 6.23. The van der Waals surface area contributed by atoms with E-state index >= 15 is 0 Å². The fourth-order valence-corrected chi connectivity index (χ4v) is 2.67. The highest BCUT2D eigenvalue weighted by Gasteiger charge is 2.52. The molecule has 2 amide bonds. The van der Waals surface area contributed by atoms with Gasteiger partial charge in [-0.15, -0.1) is 0 Å². The van der Waals surface area contributed by atoms with Crippen molar-refractivity contribution in [3.8, 4) is 0 Å². The highest BCUT2D eigenvalue weighted by atomic mass is 16.5. The summed E-state index contributed by atoms with van der Waals surface area (Å²) in [4.78, 5) is 26.9. The third-order valence-electron chi connectivity index (χ3n) is 4.55. The van der Waals surface area contributed by atoms with Crippen LogP contribution in [0.5, 0.6) is 0 Å². The monoisotopic (exact) mass is 298 g/mol. The Morgan fingerprint density at radius 3 is 2.24 bits per heavy atom. The Kier molecular flexibility index (Phi) is 6.20. The molecule has 0 spiro atoms. The van der Waals surface area contributed by atoms with E-state index < -0.39 is 11.1 Å². The number of hydrogen-bond acceptors (Lipinski definition) is 3. The summed E-state index contributed by atoms with van der Waals surface area (Å²) in [5, 5.41) is 2.94. The quantitative estimate of drug-likeness (QED) is 0.698. The number of nitrogens with zero attached hydrogens (tertiary/aromatic N) is 1. The Labute approximate surface area is 128 Å². The maximum absolute atomic E-state index is 12.8. The lowest BCUT2D eigenvalue weighted by atomic mass is 9.83. The summed E-state index contributed by atoms with van der Waals surface area (Å²) in [7, 11) is 0. The summed E-state index contributed by atoms with van der Waals surface area (Å²) < 4.78 is 5.56. The molecule has 5 heteroatoms. The van der Waals surface area contributed by atoms with Crippen molar-refractivity contribution in [3.05, 3.63) is 0 Å². The number of amides is 2. The van der Waals surface area contributed by atoms with Gasteiger partial charge in [0.15, 0.2) is 0 Å².